The van der Waals surface area contributed by atoms with Crippen molar-refractivity contribution in [2.45, 2.75) is 79.3 Å². The van der Waals surface area contributed by atoms with Crippen LogP contribution in [0.2, 0.25) is 0 Å². The lowest BCUT2D eigenvalue weighted by Gasteiger charge is -2.33. The Morgan fingerprint density at radius 1 is 1.15 bits per heavy atom. The van der Waals surface area contributed by atoms with E-state index in [0.29, 0.717) is 0 Å². The first-order valence-electron chi connectivity index (χ1n) is 7.91. The lowest BCUT2D eigenvalue weighted by molar-refractivity contribution is 0.236. The van der Waals surface area contributed by atoms with Crippen molar-refractivity contribution in [2.24, 2.45) is 5.41 Å². The Labute approximate surface area is 124 Å². The van der Waals surface area contributed by atoms with Crippen molar-refractivity contribution in [3.05, 3.63) is 12.2 Å². The highest BCUT2D eigenvalue weighted by Gasteiger charge is 2.27. The molecule has 1 rings (SSSR count). The van der Waals surface area contributed by atoms with E-state index >= 15 is 0 Å². The van der Waals surface area contributed by atoms with Crippen LogP contribution in [-0.4, -0.2) is 26.8 Å². The maximum Gasteiger partial charge on any atom is 0.138 e. The number of rotatable bonds is 8. The van der Waals surface area contributed by atoms with Crippen LogP contribution < -0.4 is 5.32 Å². The molecular formula is C16H32N4. The van der Waals surface area contributed by atoms with Gasteiger partial charge < -0.3 is 5.32 Å². The van der Waals surface area contributed by atoms with Gasteiger partial charge in [0.05, 0.1) is 0 Å². The van der Waals surface area contributed by atoms with Gasteiger partial charge in [-0.1, -0.05) is 27.2 Å². The topological polar surface area (TPSA) is 42.7 Å². The van der Waals surface area contributed by atoms with E-state index in [4.69, 9.17) is 0 Å². The first kappa shape index (κ1) is 17.2. The Balaban J connectivity index is 2.76. The molecule has 4 nitrogen and oxygen atoms in total. The first-order chi connectivity index (χ1) is 9.29. The lowest BCUT2D eigenvalue weighted by Crippen LogP contribution is -2.44. The van der Waals surface area contributed by atoms with Gasteiger partial charge in [0.2, 0.25) is 0 Å². The summed E-state index contributed by atoms with van der Waals surface area (Å²) in [5.41, 5.74) is 0.395. The van der Waals surface area contributed by atoms with Crippen molar-refractivity contribution in [2.75, 3.05) is 6.54 Å². The fourth-order valence-electron chi connectivity index (χ4n) is 2.53. The van der Waals surface area contributed by atoms with Crippen molar-refractivity contribution in [3.8, 4) is 0 Å². The molecule has 1 heterocycles. The summed E-state index contributed by atoms with van der Waals surface area (Å²) in [4.78, 5) is 4.47. The molecule has 1 aromatic heterocycles. The summed E-state index contributed by atoms with van der Waals surface area (Å²) in [5.74, 6) is 1.12. The van der Waals surface area contributed by atoms with Gasteiger partial charge in [0.1, 0.15) is 12.2 Å². The summed E-state index contributed by atoms with van der Waals surface area (Å²) in [6, 6.07) is 0. The van der Waals surface area contributed by atoms with Crippen LogP contribution in [0.1, 0.15) is 66.6 Å². The highest BCUT2D eigenvalue weighted by atomic mass is 15.3. The molecule has 0 saturated heterocycles. The minimum atomic E-state index is 0.159. The molecule has 0 radical (unpaired) electrons. The average molecular weight is 280 g/mol. The van der Waals surface area contributed by atoms with Gasteiger partial charge in [-0.2, -0.15) is 5.10 Å². The second kappa shape index (κ2) is 7.21. The van der Waals surface area contributed by atoms with Crippen LogP contribution in [0.15, 0.2) is 6.33 Å². The van der Waals surface area contributed by atoms with Crippen LogP contribution in [0.5, 0.6) is 0 Å². The monoisotopic (exact) mass is 280 g/mol. The van der Waals surface area contributed by atoms with Crippen molar-refractivity contribution in [3.63, 3.8) is 0 Å². The zero-order valence-corrected chi connectivity index (χ0v) is 14.2. The Hall–Kier alpha value is -0.900. The molecule has 0 aromatic carbocycles. The summed E-state index contributed by atoms with van der Waals surface area (Å²) in [6.45, 7) is 15.4. The van der Waals surface area contributed by atoms with Gasteiger partial charge in [0.15, 0.2) is 0 Å². The Bertz CT molecular complexity index is 391. The number of nitrogens with zero attached hydrogens (tertiary/aromatic N) is 3. The van der Waals surface area contributed by atoms with Crippen LogP contribution in [0, 0.1) is 5.41 Å². The minimum absolute atomic E-state index is 0.159. The molecule has 20 heavy (non-hydrogen) atoms. The van der Waals surface area contributed by atoms with E-state index in [0.717, 1.165) is 31.8 Å². The molecule has 1 aromatic rings. The molecule has 0 fully saturated rings. The fourth-order valence-corrected chi connectivity index (χ4v) is 2.53. The van der Waals surface area contributed by atoms with E-state index in [2.05, 4.69) is 61.6 Å². The zero-order valence-electron chi connectivity index (χ0n) is 14.2. The normalized spacial score (nSPS) is 15.3. The van der Waals surface area contributed by atoms with Gasteiger partial charge in [-0.15, -0.1) is 0 Å². The van der Waals surface area contributed by atoms with Crippen LogP contribution in [0.25, 0.3) is 0 Å². The predicted molar refractivity (Wildman–Crippen MR) is 84.8 cm³/mol. The zero-order chi connectivity index (χ0) is 15.2. The molecule has 0 saturated carbocycles. The Kier molecular flexibility index (Phi) is 6.18. The number of hydrogen-bond acceptors (Lipinski definition) is 3. The maximum atomic E-state index is 4.47. The second-order valence-electron chi connectivity index (χ2n) is 7.24. The number of aromatic nitrogens is 3. The second-order valence-corrected chi connectivity index (χ2v) is 7.24. The van der Waals surface area contributed by atoms with Gasteiger partial charge in [-0.05, 0) is 39.0 Å². The van der Waals surface area contributed by atoms with Gasteiger partial charge in [-0.25, -0.2) is 4.98 Å². The van der Waals surface area contributed by atoms with Gasteiger partial charge >= 0.3 is 0 Å². The van der Waals surface area contributed by atoms with Crippen LogP contribution in [-0.2, 0) is 13.0 Å². The van der Waals surface area contributed by atoms with Gasteiger partial charge in [0, 0.05) is 25.0 Å². The lowest BCUT2D eigenvalue weighted by atomic mass is 9.81. The van der Waals surface area contributed by atoms with E-state index in [-0.39, 0.29) is 11.0 Å². The van der Waals surface area contributed by atoms with Crippen molar-refractivity contribution in [1.82, 2.24) is 20.1 Å². The van der Waals surface area contributed by atoms with Gasteiger partial charge in [-0.3, -0.25) is 4.68 Å². The molecule has 1 atom stereocenters. The van der Waals surface area contributed by atoms with E-state index in [1.807, 2.05) is 0 Å². The third-order valence-electron chi connectivity index (χ3n) is 3.62. The van der Waals surface area contributed by atoms with E-state index in [9.17, 15) is 0 Å². The third-order valence-corrected chi connectivity index (χ3v) is 3.62. The smallest absolute Gasteiger partial charge is 0.138 e. The molecule has 0 bridgehead atoms. The highest BCUT2D eigenvalue weighted by molar-refractivity contribution is 4.94. The molecule has 0 amide bonds. The Morgan fingerprint density at radius 2 is 1.85 bits per heavy atom. The molecule has 1 unspecified atom stereocenters. The van der Waals surface area contributed by atoms with Crippen molar-refractivity contribution < 1.29 is 0 Å². The summed E-state index contributed by atoms with van der Waals surface area (Å²) >= 11 is 0. The summed E-state index contributed by atoms with van der Waals surface area (Å²) < 4.78 is 2.06. The van der Waals surface area contributed by atoms with Crippen LogP contribution >= 0.6 is 0 Å². The fraction of sp³-hybridized carbons (Fsp3) is 0.875. The van der Waals surface area contributed by atoms with Crippen molar-refractivity contribution >= 4 is 0 Å². The molecule has 116 valence electrons. The SMILES string of the molecule is CCCn1ncnc1CC(C)(CCC)CNC(C)(C)C. The largest absolute Gasteiger partial charge is 0.312 e. The molecule has 0 aliphatic heterocycles. The molecule has 0 aliphatic carbocycles. The minimum Gasteiger partial charge on any atom is -0.312 e. The first-order valence-corrected chi connectivity index (χ1v) is 7.91. The molecule has 0 spiro atoms. The summed E-state index contributed by atoms with van der Waals surface area (Å²) in [7, 11) is 0. The molecule has 1 N–H and O–H groups in total. The Morgan fingerprint density at radius 3 is 2.40 bits per heavy atom. The molecule has 0 aliphatic rings. The quantitative estimate of drug-likeness (QED) is 0.793. The van der Waals surface area contributed by atoms with E-state index in [1.165, 1.54) is 12.8 Å². The van der Waals surface area contributed by atoms with E-state index in [1.54, 1.807) is 6.33 Å². The number of aryl methyl sites for hydroxylation is 1. The van der Waals surface area contributed by atoms with Crippen LogP contribution in [0.3, 0.4) is 0 Å². The summed E-state index contributed by atoms with van der Waals surface area (Å²) in [6.07, 6.45) is 6.18. The third kappa shape index (κ3) is 5.61. The number of hydrogen-bond donors (Lipinski definition) is 1. The standard InChI is InChI=1S/C16H32N4/c1-7-9-16(6,12-18-15(3,4)5)11-14-17-13-19-20(14)10-8-2/h13,18H,7-12H2,1-6H3. The number of nitrogens with one attached hydrogen (secondary N) is 1. The predicted octanol–water partition coefficient (Wildman–Crippen LogP) is 3.43. The summed E-state index contributed by atoms with van der Waals surface area (Å²) in [5, 5.41) is 8.00. The molecular weight excluding hydrogens is 248 g/mol. The average Bonchev–Trinajstić information content (AvgIpc) is 2.74. The van der Waals surface area contributed by atoms with Gasteiger partial charge in [0.25, 0.3) is 0 Å². The maximum absolute atomic E-state index is 4.47. The van der Waals surface area contributed by atoms with E-state index < -0.39 is 0 Å². The highest BCUT2D eigenvalue weighted by Crippen LogP contribution is 2.27. The van der Waals surface area contributed by atoms with Crippen LogP contribution in [0.4, 0.5) is 0 Å². The molecule has 4 heteroatoms. The van der Waals surface area contributed by atoms with Crippen molar-refractivity contribution in [1.29, 1.82) is 0 Å².